The van der Waals surface area contributed by atoms with E-state index in [0.29, 0.717) is 12.5 Å². The van der Waals surface area contributed by atoms with Crippen molar-refractivity contribution < 1.29 is 9.53 Å². The summed E-state index contributed by atoms with van der Waals surface area (Å²) in [6, 6.07) is 7.57. The third-order valence-electron chi connectivity index (χ3n) is 3.51. The van der Waals surface area contributed by atoms with Crippen LogP contribution in [0.2, 0.25) is 0 Å². The van der Waals surface area contributed by atoms with E-state index in [4.69, 9.17) is 4.74 Å². The number of anilines is 1. The standard InChI is InChI=1S/C15H22N2O2/c1-3-7-19-14-6-4-5-13(8-14)17-15(18)11(2)12-9-16-10-12/h4-6,8,11-12,16H,3,7,9-10H2,1-2H3,(H,17,18). The molecule has 1 atom stereocenters. The van der Waals surface area contributed by atoms with Crippen molar-refractivity contribution >= 4 is 11.6 Å². The summed E-state index contributed by atoms with van der Waals surface area (Å²) in [5, 5.41) is 6.15. The van der Waals surface area contributed by atoms with Crippen LogP contribution in [0.5, 0.6) is 5.75 Å². The van der Waals surface area contributed by atoms with Gasteiger partial charge in [0.25, 0.3) is 0 Å². The van der Waals surface area contributed by atoms with Gasteiger partial charge < -0.3 is 15.4 Å². The molecule has 1 aromatic rings. The Labute approximate surface area is 114 Å². The lowest BCUT2D eigenvalue weighted by molar-refractivity contribution is -0.121. The van der Waals surface area contributed by atoms with E-state index in [9.17, 15) is 4.79 Å². The molecule has 1 aliphatic heterocycles. The number of hydrogen-bond acceptors (Lipinski definition) is 3. The van der Waals surface area contributed by atoms with Gasteiger partial charge in [-0.3, -0.25) is 4.79 Å². The smallest absolute Gasteiger partial charge is 0.227 e. The van der Waals surface area contributed by atoms with E-state index in [-0.39, 0.29) is 11.8 Å². The number of carbonyl (C=O) groups excluding carboxylic acids is 1. The molecule has 104 valence electrons. The van der Waals surface area contributed by atoms with E-state index in [2.05, 4.69) is 17.6 Å². The van der Waals surface area contributed by atoms with Gasteiger partial charge in [-0.05, 0) is 37.6 Å². The predicted octanol–water partition coefficient (Wildman–Crippen LogP) is 2.27. The molecule has 1 heterocycles. The molecule has 4 nitrogen and oxygen atoms in total. The monoisotopic (exact) mass is 262 g/mol. The first kappa shape index (κ1) is 13.9. The highest BCUT2D eigenvalue weighted by Gasteiger charge is 2.28. The summed E-state index contributed by atoms with van der Waals surface area (Å²) in [6.07, 6.45) is 0.975. The minimum atomic E-state index is 0.0430. The van der Waals surface area contributed by atoms with Crippen molar-refractivity contribution in [3.8, 4) is 5.75 Å². The van der Waals surface area contributed by atoms with Crippen molar-refractivity contribution in [3.05, 3.63) is 24.3 Å². The van der Waals surface area contributed by atoms with E-state index >= 15 is 0 Å². The molecule has 0 aromatic heterocycles. The van der Waals surface area contributed by atoms with Crippen molar-refractivity contribution in [2.24, 2.45) is 11.8 Å². The highest BCUT2D eigenvalue weighted by atomic mass is 16.5. The van der Waals surface area contributed by atoms with Gasteiger partial charge >= 0.3 is 0 Å². The second kappa shape index (κ2) is 6.57. The Morgan fingerprint density at radius 3 is 2.95 bits per heavy atom. The van der Waals surface area contributed by atoms with E-state index in [1.54, 1.807) is 0 Å². The Balaban J connectivity index is 1.92. The van der Waals surface area contributed by atoms with Crippen molar-refractivity contribution in [2.75, 3.05) is 25.0 Å². The number of amides is 1. The summed E-state index contributed by atoms with van der Waals surface area (Å²) in [5.41, 5.74) is 0.803. The Morgan fingerprint density at radius 1 is 1.53 bits per heavy atom. The van der Waals surface area contributed by atoms with Crippen LogP contribution < -0.4 is 15.4 Å². The van der Waals surface area contributed by atoms with Crippen molar-refractivity contribution in [3.63, 3.8) is 0 Å². The quantitative estimate of drug-likeness (QED) is 0.827. The molecule has 0 aliphatic carbocycles. The molecule has 2 rings (SSSR count). The second-order valence-corrected chi connectivity index (χ2v) is 5.07. The van der Waals surface area contributed by atoms with Crippen LogP contribution in [0.1, 0.15) is 20.3 Å². The van der Waals surface area contributed by atoms with E-state index < -0.39 is 0 Å². The van der Waals surface area contributed by atoms with Crippen molar-refractivity contribution in [1.29, 1.82) is 0 Å². The zero-order valence-corrected chi connectivity index (χ0v) is 11.6. The molecule has 0 saturated carbocycles. The van der Waals surface area contributed by atoms with Gasteiger partial charge in [-0.1, -0.05) is 19.9 Å². The van der Waals surface area contributed by atoms with Gasteiger partial charge in [0.2, 0.25) is 5.91 Å². The lowest BCUT2D eigenvalue weighted by atomic mass is 9.88. The number of rotatable bonds is 6. The van der Waals surface area contributed by atoms with Crippen molar-refractivity contribution in [1.82, 2.24) is 5.32 Å². The summed E-state index contributed by atoms with van der Waals surface area (Å²) < 4.78 is 5.56. The Kier molecular flexibility index (Phi) is 4.80. The molecule has 1 aromatic carbocycles. The van der Waals surface area contributed by atoms with Crippen LogP contribution in [-0.2, 0) is 4.79 Å². The van der Waals surface area contributed by atoms with Crippen LogP contribution >= 0.6 is 0 Å². The molecule has 0 bridgehead atoms. The van der Waals surface area contributed by atoms with Gasteiger partial charge in [0.05, 0.1) is 6.61 Å². The van der Waals surface area contributed by atoms with Crippen molar-refractivity contribution in [2.45, 2.75) is 20.3 Å². The SMILES string of the molecule is CCCOc1cccc(NC(=O)C(C)C2CNC2)c1. The summed E-state index contributed by atoms with van der Waals surface area (Å²) in [6.45, 7) is 6.63. The lowest BCUT2D eigenvalue weighted by Crippen LogP contribution is -2.48. The lowest BCUT2D eigenvalue weighted by Gasteiger charge is -2.31. The molecule has 1 saturated heterocycles. The first-order valence-electron chi connectivity index (χ1n) is 6.95. The fourth-order valence-electron chi connectivity index (χ4n) is 2.02. The van der Waals surface area contributed by atoms with Crippen LogP contribution in [0.3, 0.4) is 0 Å². The van der Waals surface area contributed by atoms with Gasteiger partial charge in [0, 0.05) is 17.7 Å². The molecule has 0 radical (unpaired) electrons. The Morgan fingerprint density at radius 2 is 2.32 bits per heavy atom. The van der Waals surface area contributed by atoms with Crippen LogP contribution in [-0.4, -0.2) is 25.6 Å². The average molecular weight is 262 g/mol. The summed E-state index contributed by atoms with van der Waals surface area (Å²) in [5.74, 6) is 1.39. The normalized spacial score (nSPS) is 16.5. The third-order valence-corrected chi connectivity index (χ3v) is 3.51. The fourth-order valence-corrected chi connectivity index (χ4v) is 2.02. The Bertz CT molecular complexity index is 430. The summed E-state index contributed by atoms with van der Waals surface area (Å²) in [7, 11) is 0. The molecule has 0 spiro atoms. The fraction of sp³-hybridized carbons (Fsp3) is 0.533. The Hall–Kier alpha value is -1.55. The maximum atomic E-state index is 12.1. The van der Waals surface area contributed by atoms with Crippen LogP contribution in [0.15, 0.2) is 24.3 Å². The minimum absolute atomic E-state index is 0.0430. The zero-order chi connectivity index (χ0) is 13.7. The molecular formula is C15H22N2O2. The molecule has 19 heavy (non-hydrogen) atoms. The van der Waals surface area contributed by atoms with Gasteiger partial charge in [-0.2, -0.15) is 0 Å². The topological polar surface area (TPSA) is 50.4 Å². The average Bonchev–Trinajstić information content (AvgIpc) is 2.34. The number of ether oxygens (including phenoxy) is 1. The summed E-state index contributed by atoms with van der Waals surface area (Å²) >= 11 is 0. The summed E-state index contributed by atoms with van der Waals surface area (Å²) in [4.78, 5) is 12.1. The molecule has 4 heteroatoms. The maximum absolute atomic E-state index is 12.1. The minimum Gasteiger partial charge on any atom is -0.494 e. The van der Waals surface area contributed by atoms with Gasteiger partial charge in [0.1, 0.15) is 5.75 Å². The predicted molar refractivity (Wildman–Crippen MR) is 76.4 cm³/mol. The van der Waals surface area contributed by atoms with E-state index in [0.717, 1.165) is 30.9 Å². The first-order chi connectivity index (χ1) is 9.20. The number of hydrogen-bond donors (Lipinski definition) is 2. The molecule has 1 amide bonds. The van der Waals surface area contributed by atoms with E-state index in [1.165, 1.54) is 0 Å². The third kappa shape index (κ3) is 3.70. The second-order valence-electron chi connectivity index (χ2n) is 5.07. The van der Waals surface area contributed by atoms with E-state index in [1.807, 2.05) is 31.2 Å². The molecular weight excluding hydrogens is 240 g/mol. The van der Waals surface area contributed by atoms with Gasteiger partial charge in [-0.25, -0.2) is 0 Å². The molecule has 1 unspecified atom stereocenters. The highest BCUT2D eigenvalue weighted by Crippen LogP contribution is 2.21. The number of carbonyl (C=O) groups is 1. The van der Waals surface area contributed by atoms with Gasteiger partial charge in [-0.15, -0.1) is 0 Å². The molecule has 2 N–H and O–H groups in total. The molecule has 1 aliphatic rings. The maximum Gasteiger partial charge on any atom is 0.227 e. The van der Waals surface area contributed by atoms with Crippen LogP contribution in [0.25, 0.3) is 0 Å². The largest absolute Gasteiger partial charge is 0.494 e. The molecule has 1 fully saturated rings. The zero-order valence-electron chi connectivity index (χ0n) is 11.6. The van der Waals surface area contributed by atoms with Crippen LogP contribution in [0.4, 0.5) is 5.69 Å². The number of nitrogens with one attached hydrogen (secondary N) is 2. The highest BCUT2D eigenvalue weighted by molar-refractivity contribution is 5.92. The van der Waals surface area contributed by atoms with Crippen LogP contribution in [0, 0.1) is 11.8 Å². The van der Waals surface area contributed by atoms with Gasteiger partial charge in [0.15, 0.2) is 0 Å². The number of benzene rings is 1. The first-order valence-corrected chi connectivity index (χ1v) is 6.95.